The third kappa shape index (κ3) is 5.05. The fraction of sp³-hybridized carbons (Fsp3) is 1.00. The molecule has 13 heteroatoms. The van der Waals surface area contributed by atoms with Crippen LogP contribution in [0.1, 0.15) is 20.3 Å². The highest BCUT2D eigenvalue weighted by atomic mass is 32.2. The number of hydrogen-bond donors (Lipinski definition) is 1. The van der Waals surface area contributed by atoms with E-state index in [0.717, 1.165) is 0 Å². The largest absolute Gasteiger partial charge is 0.459 e. The Morgan fingerprint density at radius 1 is 0.958 bits per heavy atom. The van der Waals surface area contributed by atoms with Crippen LogP contribution in [0.15, 0.2) is 0 Å². The summed E-state index contributed by atoms with van der Waals surface area (Å²) in [5, 5.41) is -5.56. The zero-order chi connectivity index (χ0) is 19.2. The zero-order valence-corrected chi connectivity index (χ0v) is 13.5. The normalized spacial score (nSPS) is 16.5. The van der Waals surface area contributed by atoms with Crippen molar-refractivity contribution in [3.8, 4) is 0 Å². The van der Waals surface area contributed by atoms with Crippen LogP contribution in [-0.2, 0) is 4.94 Å². The van der Waals surface area contributed by atoms with Crippen molar-refractivity contribution in [2.24, 2.45) is 0 Å². The Kier molecular flexibility index (Phi) is 8.66. The minimum Gasteiger partial charge on any atom is -0.304 e. The van der Waals surface area contributed by atoms with Crippen molar-refractivity contribution >= 4 is 11.9 Å². The summed E-state index contributed by atoms with van der Waals surface area (Å²) < 4.78 is 116. The molecule has 1 unspecified atom stereocenters. The summed E-state index contributed by atoms with van der Waals surface area (Å²) in [5.74, 6) is -13.0. The average molecular weight is 396 g/mol. The molecule has 3 nitrogen and oxygen atoms in total. The van der Waals surface area contributed by atoms with Crippen molar-refractivity contribution in [3.05, 3.63) is 0 Å². The van der Waals surface area contributed by atoms with Gasteiger partial charge in [0.1, 0.15) is 0 Å². The van der Waals surface area contributed by atoms with Crippen LogP contribution in [0, 0.1) is 0 Å². The van der Waals surface area contributed by atoms with E-state index in [9.17, 15) is 39.6 Å². The molecule has 0 rings (SSSR count). The predicted octanol–water partition coefficient (Wildman–Crippen LogP) is 4.31. The number of rotatable bonds is 11. The lowest BCUT2D eigenvalue weighted by Gasteiger charge is -2.35. The second kappa shape index (κ2) is 8.81. The van der Waals surface area contributed by atoms with Gasteiger partial charge in [-0.2, -0.15) is 35.1 Å². The first-order chi connectivity index (χ1) is 10.8. The lowest BCUT2D eigenvalue weighted by molar-refractivity contribution is -0.457. The van der Waals surface area contributed by atoms with Crippen LogP contribution in [0.5, 0.6) is 0 Å². The van der Waals surface area contributed by atoms with Gasteiger partial charge in [0.15, 0.2) is 0 Å². The second-order valence-corrected chi connectivity index (χ2v) is 5.64. The van der Waals surface area contributed by atoms with Crippen molar-refractivity contribution in [3.63, 3.8) is 0 Å². The van der Waals surface area contributed by atoms with Gasteiger partial charge >= 0.3 is 23.2 Å². The van der Waals surface area contributed by atoms with Crippen LogP contribution in [0.3, 0.4) is 0 Å². The molecule has 0 aliphatic carbocycles. The molecule has 0 saturated carbocycles. The van der Waals surface area contributed by atoms with E-state index < -0.39 is 35.2 Å². The summed E-state index contributed by atoms with van der Waals surface area (Å²) in [5.41, 5.74) is 0. The van der Waals surface area contributed by atoms with E-state index in [0.29, 0.717) is 19.6 Å². The fourth-order valence-electron chi connectivity index (χ4n) is 1.58. The molecule has 0 heterocycles. The Bertz CT molecular complexity index is 379. The second-order valence-electron chi connectivity index (χ2n) is 4.64. The van der Waals surface area contributed by atoms with Gasteiger partial charge in [-0.1, -0.05) is 13.8 Å². The summed E-state index contributed by atoms with van der Waals surface area (Å²) in [4.78, 5) is 3.65. The zero-order valence-electron chi connectivity index (χ0n) is 12.7. The van der Waals surface area contributed by atoms with Crippen LogP contribution in [0.2, 0.25) is 0 Å². The highest BCUT2D eigenvalue weighted by Gasteiger charge is 2.83. The van der Waals surface area contributed by atoms with Crippen molar-refractivity contribution in [2.75, 3.05) is 26.2 Å². The molecule has 0 fully saturated rings. The minimum absolute atomic E-state index is 0.218. The van der Waals surface area contributed by atoms with Crippen LogP contribution < -0.4 is 4.72 Å². The highest BCUT2D eigenvalue weighted by molar-refractivity contribution is 7.98. The molecular weight excluding hydrogens is 379 g/mol. The van der Waals surface area contributed by atoms with Crippen LogP contribution in [0.4, 0.5) is 39.6 Å². The maximum atomic E-state index is 13.4. The van der Waals surface area contributed by atoms with E-state index in [1.165, 1.54) is 0 Å². The summed E-state index contributed by atoms with van der Waals surface area (Å²) in [6.45, 7) is 5.12. The van der Waals surface area contributed by atoms with Crippen molar-refractivity contribution in [1.29, 1.82) is 0 Å². The predicted molar refractivity (Wildman–Crippen MR) is 70.0 cm³/mol. The van der Waals surface area contributed by atoms with Gasteiger partial charge in [-0.25, -0.2) is 0 Å². The molecule has 0 saturated heterocycles. The third-order valence-corrected chi connectivity index (χ3v) is 3.96. The average Bonchev–Trinajstić information content (AvgIpc) is 2.48. The molecule has 146 valence electrons. The molecule has 0 aromatic carbocycles. The monoisotopic (exact) mass is 396 g/mol. The first-order valence-electron chi connectivity index (χ1n) is 6.74. The molecule has 0 bridgehead atoms. The van der Waals surface area contributed by atoms with E-state index in [1.54, 1.807) is 9.66 Å². The molecule has 1 N–H and O–H groups in total. The molecule has 24 heavy (non-hydrogen) atoms. The molecule has 0 amide bonds. The molecule has 0 aliphatic rings. The van der Waals surface area contributed by atoms with Crippen molar-refractivity contribution in [1.82, 2.24) is 9.62 Å². The highest BCUT2D eigenvalue weighted by Crippen LogP contribution is 2.55. The van der Waals surface area contributed by atoms with Gasteiger partial charge in [0.2, 0.25) is 0 Å². The summed E-state index contributed by atoms with van der Waals surface area (Å²) >= 11 is -1.10. The Labute approximate surface area is 136 Å². The number of nitrogens with one attached hydrogen (secondary N) is 1. The van der Waals surface area contributed by atoms with Crippen LogP contribution in [-0.4, -0.2) is 54.3 Å². The first-order valence-corrected chi connectivity index (χ1v) is 7.56. The summed E-state index contributed by atoms with van der Waals surface area (Å²) in [6.07, 6.45) is -6.56. The van der Waals surface area contributed by atoms with Gasteiger partial charge < -0.3 is 4.90 Å². The lowest BCUT2D eigenvalue weighted by atomic mass is 10.1. The Morgan fingerprint density at radius 2 is 1.46 bits per heavy atom. The maximum Gasteiger partial charge on any atom is 0.459 e. The molecule has 0 aromatic rings. The molecule has 0 aliphatic heterocycles. The van der Waals surface area contributed by atoms with Crippen molar-refractivity contribution < 1.29 is 44.6 Å². The van der Waals surface area contributed by atoms with Crippen LogP contribution in [0.25, 0.3) is 0 Å². The van der Waals surface area contributed by atoms with Crippen molar-refractivity contribution in [2.45, 2.75) is 43.5 Å². The molecular formula is C11H17F9N2OS. The van der Waals surface area contributed by atoms with Gasteiger partial charge in [0, 0.05) is 18.5 Å². The van der Waals surface area contributed by atoms with E-state index in [4.69, 9.17) is 0 Å². The van der Waals surface area contributed by atoms with E-state index in [2.05, 4.69) is 0 Å². The quantitative estimate of drug-likeness (QED) is 0.320. The SMILES string of the molecule is CCN(CC)CCCNSC(F)(F)C(F)(OF)C(F)(F)C(F)(F)F. The Morgan fingerprint density at radius 3 is 1.83 bits per heavy atom. The maximum absolute atomic E-state index is 13.4. The number of hydrogen-bond acceptors (Lipinski definition) is 4. The molecule has 1 atom stereocenters. The van der Waals surface area contributed by atoms with E-state index in [-0.39, 0.29) is 13.0 Å². The number of nitrogens with zero attached hydrogens (tertiary/aromatic N) is 1. The van der Waals surface area contributed by atoms with Gasteiger partial charge in [-0.15, -0.1) is 4.94 Å². The van der Waals surface area contributed by atoms with E-state index in [1.807, 2.05) is 18.7 Å². The Hall–Kier alpha value is -0.400. The van der Waals surface area contributed by atoms with Crippen LogP contribution >= 0.6 is 11.9 Å². The first kappa shape index (κ1) is 23.6. The minimum atomic E-state index is -6.78. The summed E-state index contributed by atoms with van der Waals surface area (Å²) in [6, 6.07) is 0. The number of alkyl halides is 8. The number of halogens is 9. The van der Waals surface area contributed by atoms with Gasteiger partial charge in [0.25, 0.3) is 0 Å². The van der Waals surface area contributed by atoms with Gasteiger partial charge in [-0.05, 0) is 30.6 Å². The van der Waals surface area contributed by atoms with Gasteiger partial charge in [-0.3, -0.25) is 4.72 Å². The Balaban J connectivity index is 4.83. The standard InChI is InChI=1S/C11H17F9N2OS/c1-3-22(4-2)7-5-6-21-24-11(18,19)9(14,23-20)8(12,13)10(15,16)17/h21H,3-7H2,1-2H3. The van der Waals surface area contributed by atoms with E-state index >= 15 is 0 Å². The fourth-order valence-corrected chi connectivity index (χ4v) is 2.30. The van der Waals surface area contributed by atoms with Gasteiger partial charge in [0.05, 0.1) is 0 Å². The summed E-state index contributed by atoms with van der Waals surface area (Å²) in [7, 11) is 0. The smallest absolute Gasteiger partial charge is 0.304 e. The lowest BCUT2D eigenvalue weighted by Crippen LogP contribution is -2.63. The topological polar surface area (TPSA) is 24.5 Å². The molecule has 0 radical (unpaired) electrons. The third-order valence-electron chi connectivity index (χ3n) is 3.09. The molecule has 0 aromatic heterocycles. The molecule has 0 spiro atoms.